The predicted molar refractivity (Wildman–Crippen MR) is 118 cm³/mol. The minimum absolute atomic E-state index is 0.253. The van der Waals surface area contributed by atoms with Gasteiger partial charge in [-0.2, -0.15) is 0 Å². The first-order valence-corrected chi connectivity index (χ1v) is 10.9. The third-order valence-corrected chi connectivity index (χ3v) is 6.34. The maximum Gasteiger partial charge on any atom is 0.305 e. The third kappa shape index (κ3) is 4.46. The number of carbonyl (C=O) groups excluding carboxylic acids is 1. The third-order valence-electron chi connectivity index (χ3n) is 5.91. The SMILES string of the molecule is COC(=O)CCc1[nH]c2ccc(OCc3cnc(C4CCCC4)c(C)c3)cc2c1Cl. The van der Waals surface area contributed by atoms with Crippen LogP contribution in [0.5, 0.6) is 5.75 Å². The van der Waals surface area contributed by atoms with E-state index in [-0.39, 0.29) is 12.4 Å². The molecule has 0 atom stereocenters. The van der Waals surface area contributed by atoms with E-state index in [0.29, 0.717) is 24.0 Å². The molecule has 3 aromatic rings. The molecule has 1 aliphatic carbocycles. The molecule has 5 nitrogen and oxygen atoms in total. The van der Waals surface area contributed by atoms with E-state index in [9.17, 15) is 4.79 Å². The monoisotopic (exact) mass is 426 g/mol. The topological polar surface area (TPSA) is 64.2 Å². The Kier molecular flexibility index (Phi) is 6.28. The van der Waals surface area contributed by atoms with Crippen LogP contribution in [0.25, 0.3) is 10.9 Å². The fourth-order valence-corrected chi connectivity index (χ4v) is 4.60. The number of hydrogen-bond acceptors (Lipinski definition) is 4. The lowest BCUT2D eigenvalue weighted by atomic mass is 9.98. The van der Waals surface area contributed by atoms with Crippen LogP contribution in [0.1, 0.15) is 60.5 Å². The zero-order valence-electron chi connectivity index (χ0n) is 17.5. The predicted octanol–water partition coefficient (Wildman–Crippen LogP) is 5.87. The van der Waals surface area contributed by atoms with Crippen molar-refractivity contribution in [3.63, 3.8) is 0 Å². The molecule has 158 valence electrons. The Bertz CT molecular complexity index is 1050. The Morgan fingerprint density at radius 1 is 1.27 bits per heavy atom. The van der Waals surface area contributed by atoms with Crippen LogP contribution in [0.4, 0.5) is 0 Å². The van der Waals surface area contributed by atoms with Gasteiger partial charge in [0.05, 0.1) is 18.6 Å². The number of pyridine rings is 1. The van der Waals surface area contributed by atoms with Crippen molar-refractivity contribution in [1.82, 2.24) is 9.97 Å². The Balaban J connectivity index is 1.44. The summed E-state index contributed by atoms with van der Waals surface area (Å²) in [4.78, 5) is 19.4. The molecule has 0 bridgehead atoms. The normalized spacial score (nSPS) is 14.4. The molecule has 1 fully saturated rings. The summed E-state index contributed by atoms with van der Waals surface area (Å²) in [7, 11) is 1.39. The minimum Gasteiger partial charge on any atom is -0.489 e. The number of aromatic amines is 1. The van der Waals surface area contributed by atoms with Gasteiger partial charge in [-0.25, -0.2) is 0 Å². The standard InChI is InChI=1S/C24H27ClN2O3/c1-15-11-16(13-26-24(15)17-5-3-4-6-17)14-30-18-7-8-20-19(12-18)23(25)21(27-20)9-10-22(28)29-2/h7-8,11-13,17,27H,3-6,9-10,14H2,1-2H3. The van der Waals surface area contributed by atoms with E-state index in [2.05, 4.69) is 18.0 Å². The number of rotatable bonds is 7. The van der Waals surface area contributed by atoms with Crippen molar-refractivity contribution in [2.45, 2.75) is 58.0 Å². The summed E-state index contributed by atoms with van der Waals surface area (Å²) in [5.74, 6) is 1.11. The van der Waals surface area contributed by atoms with Gasteiger partial charge in [0.15, 0.2) is 0 Å². The number of H-pyrrole nitrogens is 1. The van der Waals surface area contributed by atoms with E-state index in [1.807, 2.05) is 24.4 Å². The highest BCUT2D eigenvalue weighted by molar-refractivity contribution is 6.36. The van der Waals surface area contributed by atoms with Crippen molar-refractivity contribution in [3.05, 3.63) is 58.0 Å². The van der Waals surface area contributed by atoms with Crippen LogP contribution >= 0.6 is 11.6 Å². The highest BCUT2D eigenvalue weighted by Crippen LogP contribution is 2.35. The quantitative estimate of drug-likeness (QED) is 0.480. The van der Waals surface area contributed by atoms with E-state index in [0.717, 1.165) is 27.9 Å². The van der Waals surface area contributed by atoms with E-state index < -0.39 is 0 Å². The highest BCUT2D eigenvalue weighted by Gasteiger charge is 2.20. The van der Waals surface area contributed by atoms with Crippen LogP contribution in [0, 0.1) is 6.92 Å². The molecule has 1 aliphatic rings. The van der Waals surface area contributed by atoms with Gasteiger partial charge in [0.25, 0.3) is 0 Å². The molecular weight excluding hydrogens is 400 g/mol. The van der Waals surface area contributed by atoms with Crippen LogP contribution in [-0.4, -0.2) is 23.0 Å². The van der Waals surface area contributed by atoms with Crippen molar-refractivity contribution >= 4 is 28.5 Å². The van der Waals surface area contributed by atoms with E-state index in [1.54, 1.807) is 0 Å². The number of nitrogens with one attached hydrogen (secondary N) is 1. The Hall–Kier alpha value is -2.53. The fraction of sp³-hybridized carbons (Fsp3) is 0.417. The van der Waals surface area contributed by atoms with Crippen LogP contribution in [0.2, 0.25) is 5.02 Å². The van der Waals surface area contributed by atoms with Crippen LogP contribution < -0.4 is 4.74 Å². The summed E-state index contributed by atoms with van der Waals surface area (Å²) < 4.78 is 10.7. The number of methoxy groups -OCH3 is 1. The van der Waals surface area contributed by atoms with Gasteiger partial charge >= 0.3 is 5.97 Å². The molecule has 0 amide bonds. The summed E-state index contributed by atoms with van der Waals surface area (Å²) in [5, 5.41) is 1.51. The maximum atomic E-state index is 11.4. The second-order valence-electron chi connectivity index (χ2n) is 8.02. The summed E-state index contributed by atoms with van der Waals surface area (Å²) in [5.41, 5.74) is 5.31. The maximum absolute atomic E-state index is 11.4. The van der Waals surface area contributed by atoms with Gasteiger partial charge in [-0.1, -0.05) is 24.4 Å². The molecule has 0 unspecified atom stereocenters. The van der Waals surface area contributed by atoms with Crippen LogP contribution in [0.15, 0.2) is 30.5 Å². The largest absolute Gasteiger partial charge is 0.489 e. The number of esters is 1. The molecule has 0 spiro atoms. The molecule has 4 rings (SSSR count). The molecule has 2 aromatic heterocycles. The van der Waals surface area contributed by atoms with Gasteiger partial charge in [-0.05, 0) is 56.0 Å². The number of benzene rings is 1. The molecule has 2 heterocycles. The molecule has 1 aromatic carbocycles. The first-order valence-electron chi connectivity index (χ1n) is 10.5. The number of halogens is 1. The smallest absolute Gasteiger partial charge is 0.305 e. The van der Waals surface area contributed by atoms with Crippen molar-refractivity contribution in [2.75, 3.05) is 7.11 Å². The van der Waals surface area contributed by atoms with Gasteiger partial charge in [-0.3, -0.25) is 9.78 Å². The summed E-state index contributed by atoms with van der Waals surface area (Å²) in [6.07, 6.45) is 7.86. The van der Waals surface area contributed by atoms with E-state index >= 15 is 0 Å². The lowest BCUT2D eigenvalue weighted by Gasteiger charge is -2.13. The molecule has 1 N–H and O–H groups in total. The number of ether oxygens (including phenoxy) is 2. The van der Waals surface area contributed by atoms with E-state index in [1.165, 1.54) is 44.1 Å². The summed E-state index contributed by atoms with van der Waals surface area (Å²) in [6.45, 7) is 2.60. The number of hydrogen-bond donors (Lipinski definition) is 1. The number of nitrogens with zero attached hydrogens (tertiary/aromatic N) is 1. The lowest BCUT2D eigenvalue weighted by molar-refractivity contribution is -0.140. The van der Waals surface area contributed by atoms with Gasteiger partial charge in [0.2, 0.25) is 0 Å². The average Bonchev–Trinajstić information content (AvgIpc) is 3.39. The molecule has 0 radical (unpaired) electrons. The van der Waals surface area contributed by atoms with Gasteiger partial charge < -0.3 is 14.5 Å². The van der Waals surface area contributed by atoms with Crippen molar-refractivity contribution in [2.24, 2.45) is 0 Å². The van der Waals surface area contributed by atoms with Gasteiger partial charge in [-0.15, -0.1) is 0 Å². The zero-order valence-corrected chi connectivity index (χ0v) is 18.2. The molecule has 6 heteroatoms. The number of fused-ring (bicyclic) bond motifs is 1. The van der Waals surface area contributed by atoms with Gasteiger partial charge in [0, 0.05) is 40.0 Å². The fourth-order valence-electron chi connectivity index (χ4n) is 4.30. The molecule has 30 heavy (non-hydrogen) atoms. The first kappa shape index (κ1) is 20.7. The average molecular weight is 427 g/mol. The summed E-state index contributed by atoms with van der Waals surface area (Å²) >= 11 is 6.52. The molecular formula is C24H27ClN2O3. The van der Waals surface area contributed by atoms with Crippen molar-refractivity contribution in [1.29, 1.82) is 0 Å². The van der Waals surface area contributed by atoms with Crippen LogP contribution in [0.3, 0.4) is 0 Å². The zero-order chi connectivity index (χ0) is 21.1. The van der Waals surface area contributed by atoms with Crippen molar-refractivity contribution < 1.29 is 14.3 Å². The van der Waals surface area contributed by atoms with Gasteiger partial charge in [0.1, 0.15) is 12.4 Å². The first-order chi connectivity index (χ1) is 14.5. The lowest BCUT2D eigenvalue weighted by Crippen LogP contribution is -2.03. The Morgan fingerprint density at radius 2 is 2.07 bits per heavy atom. The molecule has 0 saturated heterocycles. The number of aryl methyl sites for hydroxylation is 2. The Labute approximate surface area is 181 Å². The number of aromatic nitrogens is 2. The molecule has 1 saturated carbocycles. The number of carbonyl (C=O) groups is 1. The van der Waals surface area contributed by atoms with Crippen LogP contribution in [-0.2, 0) is 22.6 Å². The Morgan fingerprint density at radius 3 is 2.80 bits per heavy atom. The van der Waals surface area contributed by atoms with Crippen molar-refractivity contribution in [3.8, 4) is 5.75 Å². The second kappa shape index (κ2) is 9.09. The second-order valence-corrected chi connectivity index (χ2v) is 8.39. The molecule has 0 aliphatic heterocycles. The highest BCUT2D eigenvalue weighted by atomic mass is 35.5. The minimum atomic E-state index is -0.253. The van der Waals surface area contributed by atoms with E-state index in [4.69, 9.17) is 26.1 Å². The summed E-state index contributed by atoms with van der Waals surface area (Å²) in [6, 6.07) is 7.99.